The van der Waals surface area contributed by atoms with Crippen LogP contribution < -0.4 is 5.73 Å². The predicted molar refractivity (Wildman–Crippen MR) is 76.3 cm³/mol. The molecule has 18 heavy (non-hydrogen) atoms. The van der Waals surface area contributed by atoms with E-state index in [1.165, 1.54) is 12.2 Å². The maximum Gasteiger partial charge on any atom is 0.258 e. The second-order valence-electron chi connectivity index (χ2n) is 4.20. The van der Waals surface area contributed by atoms with Gasteiger partial charge >= 0.3 is 0 Å². The van der Waals surface area contributed by atoms with Gasteiger partial charge in [-0.3, -0.25) is 0 Å². The van der Waals surface area contributed by atoms with E-state index in [-0.39, 0.29) is 0 Å². The number of hydrogen-bond acceptors (Lipinski definition) is 5. The topological polar surface area (TPSA) is 64.9 Å². The summed E-state index contributed by atoms with van der Waals surface area (Å²) in [7, 11) is 0. The van der Waals surface area contributed by atoms with Crippen LogP contribution in [0, 0.1) is 0 Å². The molecular weight excluding hydrogens is 314 g/mol. The molecule has 1 aliphatic heterocycles. The van der Waals surface area contributed by atoms with E-state index >= 15 is 0 Å². The number of rotatable bonds is 2. The van der Waals surface area contributed by atoms with Gasteiger partial charge in [0.25, 0.3) is 5.89 Å². The molecule has 2 N–H and O–H groups in total. The van der Waals surface area contributed by atoms with E-state index in [2.05, 4.69) is 26.1 Å². The largest absolute Gasteiger partial charge is 0.398 e. The molecule has 1 unspecified atom stereocenters. The van der Waals surface area contributed by atoms with Crippen molar-refractivity contribution in [3.8, 4) is 11.5 Å². The number of anilines is 1. The van der Waals surface area contributed by atoms with Gasteiger partial charge in [0.1, 0.15) is 0 Å². The minimum atomic E-state index is 0.385. The Kier molecular flexibility index (Phi) is 3.30. The number of nitrogens with zero attached hydrogens (tertiary/aromatic N) is 2. The number of hydrogen-bond donors (Lipinski definition) is 1. The lowest BCUT2D eigenvalue weighted by Gasteiger charge is -2.00. The van der Waals surface area contributed by atoms with Crippen molar-refractivity contribution >= 4 is 33.4 Å². The molecule has 4 nitrogen and oxygen atoms in total. The average Bonchev–Trinajstić information content (AvgIpc) is 3.01. The molecule has 1 aromatic heterocycles. The molecule has 1 saturated heterocycles. The van der Waals surface area contributed by atoms with Crippen molar-refractivity contribution in [3.05, 3.63) is 28.5 Å². The Balaban J connectivity index is 1.89. The highest BCUT2D eigenvalue weighted by atomic mass is 79.9. The summed E-state index contributed by atoms with van der Waals surface area (Å²) in [6, 6.07) is 5.64. The van der Waals surface area contributed by atoms with Crippen LogP contribution in [0.2, 0.25) is 0 Å². The van der Waals surface area contributed by atoms with Crippen molar-refractivity contribution in [2.24, 2.45) is 0 Å². The number of thioether (sulfide) groups is 1. The van der Waals surface area contributed by atoms with E-state index in [4.69, 9.17) is 10.3 Å². The molecule has 0 saturated carbocycles. The second kappa shape index (κ2) is 4.93. The first-order valence-corrected chi connectivity index (χ1v) is 7.59. The Morgan fingerprint density at radius 3 is 3.06 bits per heavy atom. The number of nitrogens with two attached hydrogens (primary N) is 1. The van der Waals surface area contributed by atoms with Gasteiger partial charge in [0.15, 0.2) is 5.82 Å². The summed E-state index contributed by atoms with van der Waals surface area (Å²) >= 11 is 5.26. The van der Waals surface area contributed by atoms with Crippen molar-refractivity contribution in [2.75, 3.05) is 11.5 Å². The van der Waals surface area contributed by atoms with Gasteiger partial charge in [0.05, 0.1) is 5.25 Å². The Morgan fingerprint density at radius 1 is 1.44 bits per heavy atom. The third-order valence-electron chi connectivity index (χ3n) is 2.90. The molecule has 3 rings (SSSR count). The minimum Gasteiger partial charge on any atom is -0.398 e. The van der Waals surface area contributed by atoms with Crippen LogP contribution in [0.25, 0.3) is 11.5 Å². The molecule has 1 aromatic carbocycles. The summed E-state index contributed by atoms with van der Waals surface area (Å²) in [4.78, 5) is 4.46. The van der Waals surface area contributed by atoms with E-state index in [9.17, 15) is 0 Å². The van der Waals surface area contributed by atoms with Crippen LogP contribution in [0.15, 0.2) is 27.2 Å². The molecule has 0 radical (unpaired) electrons. The maximum absolute atomic E-state index is 5.85. The van der Waals surface area contributed by atoms with Crippen LogP contribution in [-0.4, -0.2) is 15.9 Å². The monoisotopic (exact) mass is 325 g/mol. The smallest absolute Gasteiger partial charge is 0.258 e. The fourth-order valence-electron chi connectivity index (χ4n) is 1.94. The molecule has 6 heteroatoms. The van der Waals surface area contributed by atoms with Gasteiger partial charge in [0.2, 0.25) is 0 Å². The molecule has 94 valence electrons. The fourth-order valence-corrected chi connectivity index (χ4v) is 3.38. The molecule has 0 amide bonds. The number of nitrogen functional groups attached to an aromatic ring is 1. The van der Waals surface area contributed by atoms with Crippen molar-refractivity contribution in [1.29, 1.82) is 0 Å². The molecule has 1 aliphatic rings. The van der Waals surface area contributed by atoms with Gasteiger partial charge < -0.3 is 10.3 Å². The van der Waals surface area contributed by atoms with Crippen molar-refractivity contribution in [1.82, 2.24) is 10.1 Å². The maximum atomic E-state index is 5.85. The van der Waals surface area contributed by atoms with Crippen molar-refractivity contribution in [3.63, 3.8) is 0 Å². The summed E-state index contributed by atoms with van der Waals surface area (Å²) in [5.41, 5.74) is 7.37. The van der Waals surface area contributed by atoms with Gasteiger partial charge in [-0.05, 0) is 52.7 Å². The molecular formula is C12H12BrN3OS. The Morgan fingerprint density at radius 2 is 2.33 bits per heavy atom. The van der Waals surface area contributed by atoms with Gasteiger partial charge in [-0.25, -0.2) is 0 Å². The van der Waals surface area contributed by atoms with Crippen LogP contribution in [0.3, 0.4) is 0 Å². The highest BCUT2D eigenvalue weighted by molar-refractivity contribution is 9.10. The van der Waals surface area contributed by atoms with Crippen LogP contribution >= 0.6 is 27.7 Å². The Labute approximate surface area is 117 Å². The summed E-state index contributed by atoms with van der Waals surface area (Å²) in [6.07, 6.45) is 2.36. The predicted octanol–water partition coefficient (Wildman–Crippen LogP) is 3.65. The second-order valence-corrected chi connectivity index (χ2v) is 6.36. The Hall–Kier alpha value is -1.01. The normalized spacial score (nSPS) is 19.3. The SMILES string of the molecule is Nc1cc(-c2nc(C3CCCS3)no2)ccc1Br. The third-order valence-corrected chi connectivity index (χ3v) is 5.00. The quantitative estimate of drug-likeness (QED) is 0.854. The first-order chi connectivity index (χ1) is 8.74. The fraction of sp³-hybridized carbons (Fsp3) is 0.333. The number of benzene rings is 1. The standard InChI is InChI=1S/C12H12BrN3OS/c13-8-4-3-7(6-9(8)14)12-15-11(16-17-12)10-2-1-5-18-10/h3-4,6,10H,1-2,5,14H2. The van der Waals surface area contributed by atoms with E-state index < -0.39 is 0 Å². The molecule has 2 heterocycles. The first kappa shape index (κ1) is 12.0. The zero-order valence-corrected chi connectivity index (χ0v) is 12.0. The van der Waals surface area contributed by atoms with Gasteiger partial charge in [-0.2, -0.15) is 16.7 Å². The van der Waals surface area contributed by atoms with Crippen molar-refractivity contribution in [2.45, 2.75) is 18.1 Å². The van der Waals surface area contributed by atoms with Gasteiger partial charge in [-0.15, -0.1) is 0 Å². The molecule has 2 aromatic rings. The number of aromatic nitrogens is 2. The average molecular weight is 326 g/mol. The van der Waals surface area contributed by atoms with E-state index in [0.29, 0.717) is 16.8 Å². The summed E-state index contributed by atoms with van der Waals surface area (Å²) < 4.78 is 6.19. The lowest BCUT2D eigenvalue weighted by atomic mass is 10.2. The van der Waals surface area contributed by atoms with E-state index in [1.54, 1.807) is 0 Å². The van der Waals surface area contributed by atoms with Crippen LogP contribution in [0.4, 0.5) is 5.69 Å². The molecule has 0 aliphatic carbocycles. The lowest BCUT2D eigenvalue weighted by Crippen LogP contribution is -1.91. The summed E-state index contributed by atoms with van der Waals surface area (Å²) in [6.45, 7) is 0. The zero-order valence-electron chi connectivity index (χ0n) is 9.60. The van der Waals surface area contributed by atoms with Crippen LogP contribution in [0.1, 0.15) is 23.9 Å². The van der Waals surface area contributed by atoms with Crippen LogP contribution in [0.5, 0.6) is 0 Å². The first-order valence-electron chi connectivity index (χ1n) is 5.74. The van der Waals surface area contributed by atoms with E-state index in [1.807, 2.05) is 30.0 Å². The molecule has 0 bridgehead atoms. The van der Waals surface area contributed by atoms with Crippen LogP contribution in [-0.2, 0) is 0 Å². The van der Waals surface area contributed by atoms with Gasteiger partial charge in [-0.1, -0.05) is 5.16 Å². The van der Waals surface area contributed by atoms with Crippen molar-refractivity contribution < 1.29 is 4.52 Å². The Bertz CT molecular complexity index is 566. The third kappa shape index (κ3) is 2.27. The number of halogens is 1. The lowest BCUT2D eigenvalue weighted by molar-refractivity contribution is 0.421. The highest BCUT2D eigenvalue weighted by Gasteiger charge is 2.23. The molecule has 1 fully saturated rings. The molecule has 0 spiro atoms. The minimum absolute atomic E-state index is 0.385. The van der Waals surface area contributed by atoms with E-state index in [0.717, 1.165) is 22.3 Å². The zero-order chi connectivity index (χ0) is 12.5. The summed E-state index contributed by atoms with van der Waals surface area (Å²) in [5.74, 6) is 2.52. The summed E-state index contributed by atoms with van der Waals surface area (Å²) in [5, 5.41) is 4.45. The van der Waals surface area contributed by atoms with Gasteiger partial charge in [0, 0.05) is 15.7 Å². The molecule has 1 atom stereocenters. The highest BCUT2D eigenvalue weighted by Crippen LogP contribution is 2.39.